The van der Waals surface area contributed by atoms with Gasteiger partial charge in [0, 0.05) is 0 Å². The average molecular weight is 175 g/mol. The van der Waals surface area contributed by atoms with Crippen LogP contribution in [0.2, 0.25) is 0 Å². The molecule has 1 aliphatic rings. The summed E-state index contributed by atoms with van der Waals surface area (Å²) in [4.78, 5) is 0. The van der Waals surface area contributed by atoms with Crippen molar-refractivity contribution in [2.75, 3.05) is 0 Å². The summed E-state index contributed by atoms with van der Waals surface area (Å²) in [6, 6.07) is 0. The fourth-order valence-corrected chi connectivity index (χ4v) is 1.47. The van der Waals surface area contributed by atoms with Crippen LogP contribution >= 0.6 is 0 Å². The Hall–Kier alpha value is -0.780. The predicted octanol–water partition coefficient (Wildman–Crippen LogP) is 4.20. The van der Waals surface area contributed by atoms with Crippen molar-refractivity contribution in [2.24, 2.45) is 0 Å². The summed E-state index contributed by atoms with van der Waals surface area (Å²) in [7, 11) is 0. The van der Waals surface area contributed by atoms with Gasteiger partial charge in [-0.3, -0.25) is 0 Å². The average Bonchev–Trinajstić information content (AvgIpc) is 2.18. The Morgan fingerprint density at radius 1 is 0.769 bits per heavy atom. The van der Waals surface area contributed by atoms with Crippen LogP contribution in [0.3, 0.4) is 0 Å². The highest BCUT2D eigenvalue weighted by Crippen LogP contribution is 2.08. The molecule has 0 aliphatic heterocycles. The van der Waals surface area contributed by atoms with Crippen LogP contribution in [0.5, 0.6) is 0 Å². The lowest BCUT2D eigenvalue weighted by molar-refractivity contribution is 0.619. The van der Waals surface area contributed by atoms with Crippen molar-refractivity contribution in [1.82, 2.24) is 0 Å². The number of rotatable bonds is 0. The molecule has 0 aromatic carbocycles. The minimum atomic E-state index is 1.12. The maximum absolute atomic E-state index is 3.28. The molecule has 0 nitrogen and oxygen atoms in total. The van der Waals surface area contributed by atoms with Gasteiger partial charge >= 0.3 is 0 Å². The predicted molar refractivity (Wildman–Crippen MR) is 58.4 cm³/mol. The highest BCUT2D eigenvalue weighted by atomic mass is 13.9. The maximum atomic E-state index is 3.28. The minimum absolute atomic E-state index is 1.12. The van der Waals surface area contributed by atoms with Crippen molar-refractivity contribution in [3.05, 3.63) is 36.5 Å². The second kappa shape index (κ2) is 7.85. The maximum Gasteiger partial charge on any atom is -0.0276 e. The van der Waals surface area contributed by atoms with Gasteiger partial charge in [0.25, 0.3) is 0 Å². The molecule has 71 valence electrons. The standard InChI is InChI=1S/C13H19/c1-2-4-6-8-10-12-13-11-9-7-5-3-1/h1-5H,6,8-13H2. The molecule has 0 spiro atoms. The van der Waals surface area contributed by atoms with Crippen LogP contribution < -0.4 is 0 Å². The molecule has 0 N–H and O–H groups in total. The second-order valence-electron chi connectivity index (χ2n) is 3.49. The van der Waals surface area contributed by atoms with Gasteiger partial charge in [-0.05, 0) is 31.8 Å². The van der Waals surface area contributed by atoms with Gasteiger partial charge in [0.15, 0.2) is 0 Å². The molecule has 13 heavy (non-hydrogen) atoms. The normalized spacial score (nSPS) is 20.3. The minimum Gasteiger partial charge on any atom is -0.0845 e. The van der Waals surface area contributed by atoms with E-state index >= 15 is 0 Å². The van der Waals surface area contributed by atoms with Gasteiger partial charge in [-0.15, -0.1) is 0 Å². The first-order chi connectivity index (χ1) is 6.50. The van der Waals surface area contributed by atoms with Gasteiger partial charge in [-0.25, -0.2) is 0 Å². The lowest BCUT2D eigenvalue weighted by Crippen LogP contribution is -1.77. The molecule has 1 radical (unpaired) electrons. The molecular formula is C13H19. The molecule has 1 aliphatic carbocycles. The van der Waals surface area contributed by atoms with Gasteiger partial charge in [-0.1, -0.05) is 49.6 Å². The monoisotopic (exact) mass is 175 g/mol. The molecule has 0 fully saturated rings. The number of hydrogen-bond donors (Lipinski definition) is 0. The van der Waals surface area contributed by atoms with Crippen LogP contribution in [0.1, 0.15) is 44.9 Å². The third-order valence-electron chi connectivity index (χ3n) is 2.26. The molecular weight excluding hydrogens is 156 g/mol. The van der Waals surface area contributed by atoms with Gasteiger partial charge in [0.1, 0.15) is 0 Å². The van der Waals surface area contributed by atoms with Crippen molar-refractivity contribution in [2.45, 2.75) is 44.9 Å². The van der Waals surface area contributed by atoms with Gasteiger partial charge in [0.05, 0.1) is 0 Å². The highest BCUT2D eigenvalue weighted by molar-refractivity contribution is 5.09. The molecule has 1 rings (SSSR count). The summed E-state index contributed by atoms with van der Waals surface area (Å²) in [5.41, 5.74) is 0. The molecule has 0 heteroatoms. The molecule has 0 saturated heterocycles. The van der Waals surface area contributed by atoms with E-state index in [1.165, 1.54) is 38.5 Å². The van der Waals surface area contributed by atoms with E-state index in [0.717, 1.165) is 6.42 Å². The first kappa shape index (κ1) is 10.3. The Morgan fingerprint density at radius 2 is 1.62 bits per heavy atom. The Labute approximate surface area is 82.0 Å². The first-order valence-corrected chi connectivity index (χ1v) is 5.38. The zero-order chi connectivity index (χ0) is 9.19. The van der Waals surface area contributed by atoms with Crippen LogP contribution in [0, 0.1) is 6.08 Å². The number of hydrogen-bond acceptors (Lipinski definition) is 0. The van der Waals surface area contributed by atoms with E-state index in [4.69, 9.17) is 0 Å². The SMILES string of the molecule is [C]1=CC=CC=CCCCCCCC1. The van der Waals surface area contributed by atoms with E-state index in [-0.39, 0.29) is 0 Å². The van der Waals surface area contributed by atoms with Crippen molar-refractivity contribution in [3.63, 3.8) is 0 Å². The Kier molecular flexibility index (Phi) is 6.22. The van der Waals surface area contributed by atoms with Gasteiger partial charge in [-0.2, -0.15) is 0 Å². The third kappa shape index (κ3) is 6.39. The van der Waals surface area contributed by atoms with E-state index in [9.17, 15) is 0 Å². The van der Waals surface area contributed by atoms with Crippen LogP contribution in [0.15, 0.2) is 30.4 Å². The molecule has 0 amide bonds. The van der Waals surface area contributed by atoms with Crippen molar-refractivity contribution < 1.29 is 0 Å². The van der Waals surface area contributed by atoms with E-state index in [2.05, 4.69) is 30.4 Å². The van der Waals surface area contributed by atoms with Crippen molar-refractivity contribution in [3.8, 4) is 0 Å². The first-order valence-electron chi connectivity index (χ1n) is 5.38. The van der Waals surface area contributed by atoms with E-state index in [1.54, 1.807) is 0 Å². The highest BCUT2D eigenvalue weighted by Gasteiger charge is 1.88. The number of allylic oxidation sites excluding steroid dienone is 6. The Morgan fingerprint density at radius 3 is 2.62 bits per heavy atom. The molecule has 0 saturated carbocycles. The Balaban J connectivity index is 2.29. The third-order valence-corrected chi connectivity index (χ3v) is 2.26. The van der Waals surface area contributed by atoms with Crippen molar-refractivity contribution in [1.29, 1.82) is 0 Å². The molecule has 0 unspecified atom stereocenters. The van der Waals surface area contributed by atoms with E-state index < -0.39 is 0 Å². The van der Waals surface area contributed by atoms with Crippen LogP contribution in [-0.4, -0.2) is 0 Å². The molecule has 0 aromatic rings. The molecule has 0 heterocycles. The Bertz CT molecular complexity index is 164. The zero-order valence-corrected chi connectivity index (χ0v) is 8.34. The molecule has 0 aromatic heterocycles. The van der Waals surface area contributed by atoms with E-state index in [0.29, 0.717) is 0 Å². The lowest BCUT2D eigenvalue weighted by Gasteiger charge is -1.97. The summed E-state index contributed by atoms with van der Waals surface area (Å²) in [5.74, 6) is 0. The second-order valence-corrected chi connectivity index (χ2v) is 3.49. The lowest BCUT2D eigenvalue weighted by atomic mass is 10.1. The van der Waals surface area contributed by atoms with Gasteiger partial charge < -0.3 is 0 Å². The summed E-state index contributed by atoms with van der Waals surface area (Å²) in [6.07, 6.45) is 23.0. The van der Waals surface area contributed by atoms with Gasteiger partial charge in [0.2, 0.25) is 0 Å². The molecule has 0 atom stereocenters. The quantitative estimate of drug-likeness (QED) is 0.517. The molecule has 0 bridgehead atoms. The van der Waals surface area contributed by atoms with Crippen LogP contribution in [0.25, 0.3) is 0 Å². The summed E-state index contributed by atoms with van der Waals surface area (Å²) in [6.45, 7) is 0. The summed E-state index contributed by atoms with van der Waals surface area (Å²) in [5, 5.41) is 0. The van der Waals surface area contributed by atoms with Crippen LogP contribution in [-0.2, 0) is 0 Å². The van der Waals surface area contributed by atoms with Crippen LogP contribution in [0.4, 0.5) is 0 Å². The smallest absolute Gasteiger partial charge is 0.0276 e. The topological polar surface area (TPSA) is 0 Å². The largest absolute Gasteiger partial charge is 0.0845 e. The van der Waals surface area contributed by atoms with Crippen molar-refractivity contribution >= 4 is 0 Å². The summed E-state index contributed by atoms with van der Waals surface area (Å²) >= 11 is 0. The fraction of sp³-hybridized carbons (Fsp3) is 0.538. The fourth-order valence-electron chi connectivity index (χ4n) is 1.47. The zero-order valence-electron chi connectivity index (χ0n) is 8.34. The summed E-state index contributed by atoms with van der Waals surface area (Å²) < 4.78 is 0. The van der Waals surface area contributed by atoms with E-state index in [1.807, 2.05) is 6.08 Å².